The Hall–Kier alpha value is -1.10. The van der Waals surface area contributed by atoms with E-state index in [1.165, 1.54) is 44.9 Å². The van der Waals surface area contributed by atoms with Crippen molar-refractivity contribution in [3.63, 3.8) is 0 Å². The van der Waals surface area contributed by atoms with Crippen LogP contribution < -0.4 is 5.32 Å². The van der Waals surface area contributed by atoms with Gasteiger partial charge in [-0.1, -0.05) is 19.3 Å². The summed E-state index contributed by atoms with van der Waals surface area (Å²) in [7, 11) is 1.57. The SMILES string of the molecule is COCC(=O)N1CC2(CCC2)CC1CNC(=O)C12CCCC1CCC2. The number of methoxy groups -OCH3 is 1. The number of carbonyl (C=O) groups excluding carboxylic acids is 2. The summed E-state index contributed by atoms with van der Waals surface area (Å²) in [5, 5.41) is 3.27. The Morgan fingerprint density at radius 3 is 2.44 bits per heavy atom. The molecule has 1 atom stereocenters. The predicted octanol–water partition coefficient (Wildman–Crippen LogP) is 2.49. The molecule has 1 spiro atoms. The van der Waals surface area contributed by atoms with E-state index in [0.29, 0.717) is 17.9 Å². The third-order valence-corrected chi connectivity index (χ3v) is 7.70. The van der Waals surface area contributed by atoms with Crippen molar-refractivity contribution in [2.24, 2.45) is 16.7 Å². The van der Waals surface area contributed by atoms with Gasteiger partial charge in [-0.15, -0.1) is 0 Å². The first-order valence-electron chi connectivity index (χ1n) is 10.2. The van der Waals surface area contributed by atoms with Crippen LogP contribution in [0.15, 0.2) is 0 Å². The molecule has 5 heteroatoms. The lowest BCUT2D eigenvalue weighted by molar-refractivity contribution is -0.138. The molecule has 0 aromatic carbocycles. The van der Waals surface area contributed by atoms with Gasteiger partial charge in [0.15, 0.2) is 0 Å². The number of nitrogens with zero attached hydrogens (tertiary/aromatic N) is 1. The molecule has 1 heterocycles. The third-order valence-electron chi connectivity index (χ3n) is 7.70. The fourth-order valence-electron chi connectivity index (χ4n) is 6.24. The van der Waals surface area contributed by atoms with Gasteiger partial charge >= 0.3 is 0 Å². The van der Waals surface area contributed by atoms with Crippen LogP contribution in [0.25, 0.3) is 0 Å². The van der Waals surface area contributed by atoms with Crippen LogP contribution in [0.3, 0.4) is 0 Å². The maximum absolute atomic E-state index is 13.0. The van der Waals surface area contributed by atoms with E-state index in [4.69, 9.17) is 4.74 Å². The Labute approximate surface area is 150 Å². The first-order valence-corrected chi connectivity index (χ1v) is 10.2. The van der Waals surface area contributed by atoms with Crippen molar-refractivity contribution in [1.82, 2.24) is 10.2 Å². The van der Waals surface area contributed by atoms with Crippen LogP contribution in [0.4, 0.5) is 0 Å². The summed E-state index contributed by atoms with van der Waals surface area (Å²) in [6, 6.07) is 0.143. The average molecular weight is 348 g/mol. The smallest absolute Gasteiger partial charge is 0.248 e. The van der Waals surface area contributed by atoms with Crippen molar-refractivity contribution < 1.29 is 14.3 Å². The first-order chi connectivity index (χ1) is 12.1. The Kier molecular flexibility index (Phi) is 4.55. The zero-order valence-electron chi connectivity index (χ0n) is 15.5. The highest BCUT2D eigenvalue weighted by Gasteiger charge is 2.52. The van der Waals surface area contributed by atoms with E-state index in [1.54, 1.807) is 7.11 Å². The molecule has 1 aliphatic heterocycles. The second-order valence-electron chi connectivity index (χ2n) is 9.01. The number of fused-ring (bicyclic) bond motifs is 1. The van der Waals surface area contributed by atoms with E-state index in [-0.39, 0.29) is 29.9 Å². The van der Waals surface area contributed by atoms with E-state index >= 15 is 0 Å². The lowest BCUT2D eigenvalue weighted by atomic mass is 9.67. The van der Waals surface area contributed by atoms with Crippen LogP contribution >= 0.6 is 0 Å². The highest BCUT2D eigenvalue weighted by Crippen LogP contribution is 2.54. The van der Waals surface area contributed by atoms with Crippen LogP contribution in [0.5, 0.6) is 0 Å². The van der Waals surface area contributed by atoms with Gasteiger partial charge in [0.2, 0.25) is 11.8 Å². The molecular formula is C20H32N2O3. The fraction of sp³-hybridized carbons (Fsp3) is 0.900. The van der Waals surface area contributed by atoms with Gasteiger partial charge in [0, 0.05) is 26.2 Å². The normalized spacial score (nSPS) is 35.6. The van der Waals surface area contributed by atoms with Gasteiger partial charge in [-0.2, -0.15) is 0 Å². The maximum atomic E-state index is 13.0. The Balaban J connectivity index is 1.40. The number of rotatable bonds is 5. The van der Waals surface area contributed by atoms with Crippen LogP contribution in [-0.2, 0) is 14.3 Å². The molecule has 0 aromatic rings. The highest BCUT2D eigenvalue weighted by atomic mass is 16.5. The summed E-state index contributed by atoms with van der Waals surface area (Å²) >= 11 is 0. The van der Waals surface area contributed by atoms with Gasteiger partial charge in [-0.25, -0.2) is 0 Å². The second kappa shape index (κ2) is 6.57. The zero-order valence-corrected chi connectivity index (χ0v) is 15.5. The van der Waals surface area contributed by atoms with Crippen molar-refractivity contribution in [2.75, 3.05) is 26.8 Å². The van der Waals surface area contributed by atoms with Gasteiger partial charge < -0.3 is 15.0 Å². The monoisotopic (exact) mass is 348 g/mol. The minimum Gasteiger partial charge on any atom is -0.375 e. The van der Waals surface area contributed by atoms with Gasteiger partial charge in [0.1, 0.15) is 6.61 Å². The highest BCUT2D eigenvalue weighted by molar-refractivity contribution is 5.84. The summed E-state index contributed by atoms with van der Waals surface area (Å²) in [4.78, 5) is 27.5. The van der Waals surface area contributed by atoms with Crippen LogP contribution in [0.2, 0.25) is 0 Å². The maximum Gasteiger partial charge on any atom is 0.248 e. The number of hydrogen-bond acceptors (Lipinski definition) is 3. The predicted molar refractivity (Wildman–Crippen MR) is 94.9 cm³/mol. The van der Waals surface area contributed by atoms with Crippen LogP contribution in [-0.4, -0.2) is 49.6 Å². The number of nitrogens with one attached hydrogen (secondary N) is 1. The topological polar surface area (TPSA) is 58.6 Å². The molecule has 0 radical (unpaired) electrons. The number of ether oxygens (including phenoxy) is 1. The van der Waals surface area contributed by atoms with Gasteiger partial charge in [0.05, 0.1) is 5.41 Å². The van der Waals surface area contributed by atoms with Gasteiger partial charge in [-0.05, 0) is 56.3 Å². The van der Waals surface area contributed by atoms with Crippen molar-refractivity contribution in [3.8, 4) is 0 Å². The van der Waals surface area contributed by atoms with Crippen molar-refractivity contribution in [1.29, 1.82) is 0 Å². The fourth-order valence-corrected chi connectivity index (χ4v) is 6.24. The molecule has 3 saturated carbocycles. The van der Waals surface area contributed by atoms with Crippen LogP contribution in [0.1, 0.15) is 64.2 Å². The summed E-state index contributed by atoms with van der Waals surface area (Å²) in [6.07, 6.45) is 11.7. The third kappa shape index (κ3) is 2.88. The summed E-state index contributed by atoms with van der Waals surface area (Å²) in [5.41, 5.74) is 0.231. The molecule has 0 aromatic heterocycles. The molecule has 1 unspecified atom stereocenters. The molecule has 4 aliphatic rings. The molecule has 4 rings (SSSR count). The average Bonchev–Trinajstić information content (AvgIpc) is 3.24. The lowest BCUT2D eigenvalue weighted by Crippen LogP contribution is -2.48. The van der Waals surface area contributed by atoms with Crippen molar-refractivity contribution >= 4 is 11.8 Å². The van der Waals surface area contributed by atoms with Gasteiger partial charge in [0.25, 0.3) is 0 Å². The molecule has 0 bridgehead atoms. The summed E-state index contributed by atoms with van der Waals surface area (Å²) < 4.78 is 5.07. The van der Waals surface area contributed by atoms with Crippen LogP contribution in [0, 0.1) is 16.7 Å². The number of amides is 2. The van der Waals surface area contributed by atoms with E-state index < -0.39 is 0 Å². The molecule has 3 aliphatic carbocycles. The van der Waals surface area contributed by atoms with E-state index in [1.807, 2.05) is 4.90 Å². The minimum atomic E-state index is -0.0892. The molecular weight excluding hydrogens is 316 g/mol. The Morgan fingerprint density at radius 1 is 1.12 bits per heavy atom. The Bertz CT molecular complexity index is 533. The minimum absolute atomic E-state index is 0.0725. The second-order valence-corrected chi connectivity index (χ2v) is 9.01. The number of likely N-dealkylation sites (tertiary alicyclic amines) is 1. The quantitative estimate of drug-likeness (QED) is 0.830. The van der Waals surface area contributed by atoms with Crippen molar-refractivity contribution in [3.05, 3.63) is 0 Å². The molecule has 5 nitrogen and oxygen atoms in total. The van der Waals surface area contributed by atoms with Crippen molar-refractivity contribution in [2.45, 2.75) is 70.3 Å². The molecule has 25 heavy (non-hydrogen) atoms. The first kappa shape index (κ1) is 17.3. The standard InChI is InChI=1S/C20H32N2O3/c1-25-13-17(23)22-14-19(7-4-8-19)11-16(22)12-21-18(24)20-9-2-5-15(20)6-3-10-20/h15-16H,2-14H2,1H3,(H,21,24). The molecule has 1 saturated heterocycles. The number of carbonyl (C=O) groups is 2. The molecule has 140 valence electrons. The van der Waals surface area contributed by atoms with E-state index in [0.717, 1.165) is 25.8 Å². The largest absolute Gasteiger partial charge is 0.375 e. The summed E-state index contributed by atoms with van der Waals surface area (Å²) in [5.74, 6) is 0.935. The molecule has 1 N–H and O–H groups in total. The number of hydrogen-bond donors (Lipinski definition) is 1. The van der Waals surface area contributed by atoms with E-state index in [9.17, 15) is 9.59 Å². The lowest BCUT2D eigenvalue weighted by Gasteiger charge is -2.37. The van der Waals surface area contributed by atoms with E-state index in [2.05, 4.69) is 5.32 Å². The Morgan fingerprint density at radius 2 is 1.84 bits per heavy atom. The van der Waals surface area contributed by atoms with Gasteiger partial charge in [-0.3, -0.25) is 9.59 Å². The molecule has 4 fully saturated rings. The molecule has 2 amide bonds. The summed E-state index contributed by atoms with van der Waals surface area (Å²) in [6.45, 7) is 1.61. The zero-order chi connectivity index (χ0) is 17.5.